The molecule has 2 saturated heterocycles. The minimum Gasteiger partial charge on any atom is -0.381 e. The molecule has 1 aromatic heterocycles. The number of aromatic nitrogens is 2. The van der Waals surface area contributed by atoms with E-state index < -0.39 is 12.1 Å². The summed E-state index contributed by atoms with van der Waals surface area (Å²) >= 11 is 0. The van der Waals surface area contributed by atoms with Crippen molar-refractivity contribution in [2.75, 3.05) is 24.7 Å². The summed E-state index contributed by atoms with van der Waals surface area (Å²) in [5.41, 5.74) is 2.69. The number of aryl methyl sites for hydroxylation is 1. The molecule has 0 radical (unpaired) electrons. The molecular formula is C32H38N6O4. The van der Waals surface area contributed by atoms with Crippen LogP contribution in [-0.4, -0.2) is 70.3 Å². The van der Waals surface area contributed by atoms with Gasteiger partial charge in [-0.2, -0.15) is 10.4 Å². The van der Waals surface area contributed by atoms with Gasteiger partial charge in [-0.25, -0.2) is 4.68 Å². The van der Waals surface area contributed by atoms with Crippen LogP contribution in [0.1, 0.15) is 96.3 Å². The second kappa shape index (κ2) is 10.5. The number of likely N-dealkylation sites (tertiary alicyclic amines) is 1. The molecular weight excluding hydrogens is 532 g/mol. The second-order valence-corrected chi connectivity index (χ2v) is 12.5. The largest absolute Gasteiger partial charge is 0.381 e. The molecule has 42 heavy (non-hydrogen) atoms. The topological polar surface area (TPSA) is 121 Å². The maximum absolute atomic E-state index is 14.4. The summed E-state index contributed by atoms with van der Waals surface area (Å²) in [6, 6.07) is 8.66. The third-order valence-electron chi connectivity index (χ3n) is 9.96. The minimum absolute atomic E-state index is 0.00214. The summed E-state index contributed by atoms with van der Waals surface area (Å²) in [4.78, 5) is 45.7. The Bertz CT molecular complexity index is 1470. The summed E-state index contributed by atoms with van der Waals surface area (Å²) < 4.78 is 7.54. The number of amides is 3. The first-order valence-corrected chi connectivity index (χ1v) is 15.6. The molecule has 1 aromatic carbocycles. The molecule has 0 spiro atoms. The Morgan fingerprint density at radius 2 is 1.90 bits per heavy atom. The van der Waals surface area contributed by atoms with E-state index in [1.165, 1.54) is 0 Å². The highest BCUT2D eigenvalue weighted by atomic mass is 16.5. The molecule has 0 bridgehead atoms. The molecule has 1 N–H and O–H groups in total. The summed E-state index contributed by atoms with van der Waals surface area (Å²) in [6.45, 7) is 5.54. The van der Waals surface area contributed by atoms with Crippen LogP contribution in [0.4, 0.5) is 5.82 Å². The highest BCUT2D eigenvalue weighted by Gasteiger charge is 2.57. The Hall–Kier alpha value is -3.71. The number of anilines is 1. The number of nitrogens with zero attached hydrogens (tertiary/aromatic N) is 5. The molecule has 2 aromatic rings. The SMILES string of the molecule is CCc1cccc(C(=O)N[C@@H]2C(=O)N(CC)c3c(c(C(=O)N4[C@H](C#N)C[C@H]5C[C@H]54)nn3C3CCOCC3)[C@@H]2C2CC2)c1. The van der Waals surface area contributed by atoms with E-state index in [1.807, 2.05) is 36.7 Å². The highest BCUT2D eigenvalue weighted by molar-refractivity contribution is 6.07. The lowest BCUT2D eigenvalue weighted by Gasteiger charge is -2.39. The van der Waals surface area contributed by atoms with Crippen molar-refractivity contribution in [3.63, 3.8) is 0 Å². The van der Waals surface area contributed by atoms with Crippen LogP contribution in [0.3, 0.4) is 0 Å². The Balaban J connectivity index is 1.34. The number of piperidine rings is 1. The molecule has 5 aliphatic rings. The van der Waals surface area contributed by atoms with Crippen molar-refractivity contribution in [1.29, 1.82) is 5.26 Å². The van der Waals surface area contributed by atoms with Crippen molar-refractivity contribution in [1.82, 2.24) is 20.0 Å². The molecule has 4 heterocycles. The molecule has 10 heteroatoms. The number of likely N-dealkylation sites (N-methyl/N-ethyl adjacent to an activating group) is 1. The Kier molecular flexibility index (Phi) is 6.81. The van der Waals surface area contributed by atoms with E-state index in [0.717, 1.165) is 49.7 Å². The van der Waals surface area contributed by atoms with Gasteiger partial charge in [0.2, 0.25) is 0 Å². The fourth-order valence-electron chi connectivity index (χ4n) is 7.51. The molecule has 10 nitrogen and oxygen atoms in total. The van der Waals surface area contributed by atoms with Gasteiger partial charge in [0.25, 0.3) is 17.7 Å². The Morgan fingerprint density at radius 1 is 1.12 bits per heavy atom. The van der Waals surface area contributed by atoms with Crippen molar-refractivity contribution in [2.24, 2.45) is 11.8 Å². The maximum atomic E-state index is 14.4. The van der Waals surface area contributed by atoms with Gasteiger partial charge in [-0.1, -0.05) is 19.1 Å². The van der Waals surface area contributed by atoms with E-state index >= 15 is 0 Å². The van der Waals surface area contributed by atoms with Gasteiger partial charge in [-0.3, -0.25) is 19.3 Å². The molecule has 2 saturated carbocycles. The van der Waals surface area contributed by atoms with E-state index in [4.69, 9.17) is 9.84 Å². The normalized spacial score (nSPS) is 28.7. The number of hydrogen-bond donors (Lipinski definition) is 1. The monoisotopic (exact) mass is 570 g/mol. The first kappa shape index (κ1) is 27.1. The number of nitrogens with one attached hydrogen (secondary N) is 1. The highest BCUT2D eigenvalue weighted by Crippen LogP contribution is 2.53. The molecule has 2 aliphatic carbocycles. The van der Waals surface area contributed by atoms with Gasteiger partial charge < -0.3 is 15.0 Å². The zero-order chi connectivity index (χ0) is 29.1. The molecule has 0 unspecified atom stereocenters. The average molecular weight is 571 g/mol. The second-order valence-electron chi connectivity index (χ2n) is 12.5. The molecule has 7 rings (SSSR count). The van der Waals surface area contributed by atoms with E-state index in [9.17, 15) is 19.6 Å². The fourth-order valence-corrected chi connectivity index (χ4v) is 7.51. The number of rotatable bonds is 7. The number of hydrogen-bond acceptors (Lipinski definition) is 6. The number of ether oxygens (including phenoxy) is 1. The molecule has 220 valence electrons. The van der Waals surface area contributed by atoms with Crippen molar-refractivity contribution >= 4 is 23.5 Å². The third-order valence-corrected chi connectivity index (χ3v) is 9.96. The number of nitriles is 1. The Labute approximate surface area is 246 Å². The number of carbonyl (C=O) groups excluding carboxylic acids is 3. The maximum Gasteiger partial charge on any atom is 0.276 e. The van der Waals surface area contributed by atoms with Crippen LogP contribution in [0.25, 0.3) is 0 Å². The van der Waals surface area contributed by atoms with Gasteiger partial charge in [-0.05, 0) is 81.4 Å². The van der Waals surface area contributed by atoms with Crippen LogP contribution in [0.5, 0.6) is 0 Å². The lowest BCUT2D eigenvalue weighted by Crippen LogP contribution is -2.56. The van der Waals surface area contributed by atoms with Crippen LogP contribution >= 0.6 is 0 Å². The van der Waals surface area contributed by atoms with Gasteiger partial charge in [0, 0.05) is 42.8 Å². The van der Waals surface area contributed by atoms with Crippen molar-refractivity contribution < 1.29 is 19.1 Å². The van der Waals surface area contributed by atoms with Crippen molar-refractivity contribution in [3.05, 3.63) is 46.6 Å². The summed E-state index contributed by atoms with van der Waals surface area (Å²) in [5.74, 6) is 0.205. The van der Waals surface area contributed by atoms with Crippen LogP contribution in [0.2, 0.25) is 0 Å². The van der Waals surface area contributed by atoms with E-state index in [1.54, 1.807) is 15.9 Å². The molecule has 5 atom stereocenters. The molecule has 4 fully saturated rings. The van der Waals surface area contributed by atoms with Gasteiger partial charge in [0.15, 0.2) is 5.69 Å². The summed E-state index contributed by atoms with van der Waals surface area (Å²) in [6.07, 6.45) is 5.76. The predicted octanol–water partition coefficient (Wildman–Crippen LogP) is 3.58. The Morgan fingerprint density at radius 3 is 2.60 bits per heavy atom. The zero-order valence-corrected chi connectivity index (χ0v) is 24.3. The number of fused-ring (bicyclic) bond motifs is 2. The summed E-state index contributed by atoms with van der Waals surface area (Å²) in [5, 5.41) is 18.0. The minimum atomic E-state index is -0.805. The predicted molar refractivity (Wildman–Crippen MR) is 154 cm³/mol. The fraction of sp³-hybridized carbons (Fsp3) is 0.594. The standard InChI is InChI=1S/C32H38N6O4/c1-3-18-6-5-7-20(14-18)29(39)34-27-25(19-8-9-19)26-28(32(41)37-23(17-33)15-21-16-24(21)37)35-38(22-10-12-42-13-11-22)30(26)36(4-2)31(27)40/h5-7,14,19,21-25,27H,3-4,8-13,15-16H2,1-2H3,(H,34,39)/t21-,23-,24+,25-,27-/m0/s1. The van der Waals surface area contributed by atoms with Gasteiger partial charge in [0.1, 0.15) is 17.9 Å². The van der Waals surface area contributed by atoms with Gasteiger partial charge in [0.05, 0.1) is 12.1 Å². The van der Waals surface area contributed by atoms with E-state index in [2.05, 4.69) is 11.4 Å². The van der Waals surface area contributed by atoms with E-state index in [0.29, 0.717) is 49.2 Å². The number of benzene rings is 1. The first-order valence-electron chi connectivity index (χ1n) is 15.6. The van der Waals surface area contributed by atoms with Crippen molar-refractivity contribution in [3.8, 4) is 6.07 Å². The quantitative estimate of drug-likeness (QED) is 0.543. The number of carbonyl (C=O) groups is 3. The molecule has 3 amide bonds. The average Bonchev–Trinajstić information content (AvgIpc) is 3.94. The smallest absolute Gasteiger partial charge is 0.276 e. The van der Waals surface area contributed by atoms with Crippen LogP contribution in [0.15, 0.2) is 24.3 Å². The van der Waals surface area contributed by atoms with Crippen LogP contribution < -0.4 is 10.2 Å². The van der Waals surface area contributed by atoms with Gasteiger partial charge in [-0.15, -0.1) is 0 Å². The zero-order valence-electron chi connectivity index (χ0n) is 24.3. The van der Waals surface area contributed by atoms with Crippen molar-refractivity contribution in [2.45, 2.75) is 88.9 Å². The lowest BCUT2D eigenvalue weighted by molar-refractivity contribution is -0.121. The molecule has 3 aliphatic heterocycles. The van der Waals surface area contributed by atoms with Crippen LogP contribution in [-0.2, 0) is 16.0 Å². The van der Waals surface area contributed by atoms with Gasteiger partial charge >= 0.3 is 0 Å². The third kappa shape index (κ3) is 4.41. The van der Waals surface area contributed by atoms with Crippen LogP contribution in [0, 0.1) is 23.2 Å². The summed E-state index contributed by atoms with van der Waals surface area (Å²) in [7, 11) is 0. The first-order chi connectivity index (χ1) is 20.4. The van der Waals surface area contributed by atoms with E-state index in [-0.39, 0.29) is 41.6 Å². The lowest BCUT2D eigenvalue weighted by atomic mass is 9.82.